The minimum Gasteiger partial charge on any atom is -0.365 e. The van der Waals surface area contributed by atoms with Crippen molar-refractivity contribution >= 4 is 17.4 Å². The number of rotatable bonds is 5. The highest BCUT2D eigenvalue weighted by Crippen LogP contribution is 2.29. The third-order valence-electron chi connectivity index (χ3n) is 2.58. The summed E-state index contributed by atoms with van der Waals surface area (Å²) in [6.45, 7) is -0.558. The summed E-state index contributed by atoms with van der Waals surface area (Å²) in [6.07, 6.45) is -5.80. The van der Waals surface area contributed by atoms with E-state index in [-0.39, 0.29) is 23.1 Å². The summed E-state index contributed by atoms with van der Waals surface area (Å²) in [7, 11) is 0. The van der Waals surface area contributed by atoms with E-state index in [1.165, 1.54) is 18.3 Å². The van der Waals surface area contributed by atoms with Crippen LogP contribution in [0, 0.1) is 0 Å². The van der Waals surface area contributed by atoms with Crippen molar-refractivity contribution in [2.75, 3.05) is 5.32 Å². The van der Waals surface area contributed by atoms with Crippen LogP contribution in [0.2, 0.25) is 5.15 Å². The average molecular weight is 341 g/mol. The molecule has 120 valence electrons. The molecule has 2 heterocycles. The predicted octanol–water partition coefficient (Wildman–Crippen LogP) is 3.83. The molecule has 4 nitrogen and oxygen atoms in total. The van der Waals surface area contributed by atoms with Crippen LogP contribution in [0.15, 0.2) is 24.4 Å². The van der Waals surface area contributed by atoms with E-state index in [9.17, 15) is 22.0 Å². The molecule has 10 heteroatoms. The molecule has 0 aromatic carbocycles. The molecule has 1 N–H and O–H groups in total. The monoisotopic (exact) mass is 340 g/mol. The van der Waals surface area contributed by atoms with Gasteiger partial charge >= 0.3 is 6.18 Å². The van der Waals surface area contributed by atoms with Crippen molar-refractivity contribution in [2.24, 2.45) is 0 Å². The zero-order chi connectivity index (χ0) is 16.3. The largest absolute Gasteiger partial charge is 0.433 e. The van der Waals surface area contributed by atoms with Crippen LogP contribution in [0.1, 0.15) is 11.3 Å². The summed E-state index contributed by atoms with van der Waals surface area (Å²) in [5.74, 6) is 0.266. The van der Waals surface area contributed by atoms with E-state index in [1.54, 1.807) is 0 Å². The second-order valence-corrected chi connectivity index (χ2v) is 4.74. The highest BCUT2D eigenvalue weighted by atomic mass is 35.5. The van der Waals surface area contributed by atoms with Gasteiger partial charge in [-0.15, -0.1) is 0 Å². The van der Waals surface area contributed by atoms with E-state index in [1.807, 2.05) is 0 Å². The van der Waals surface area contributed by atoms with Crippen LogP contribution in [-0.4, -0.2) is 21.2 Å². The fourth-order valence-corrected chi connectivity index (χ4v) is 1.92. The minimum atomic E-state index is -4.60. The van der Waals surface area contributed by atoms with Crippen molar-refractivity contribution in [3.63, 3.8) is 0 Å². The van der Waals surface area contributed by atoms with Crippen molar-refractivity contribution in [3.8, 4) is 0 Å². The van der Waals surface area contributed by atoms with Gasteiger partial charge in [-0.25, -0.2) is 13.8 Å². The van der Waals surface area contributed by atoms with E-state index in [2.05, 4.69) is 15.4 Å². The Morgan fingerprint density at radius 3 is 2.64 bits per heavy atom. The lowest BCUT2D eigenvalue weighted by Gasteiger charge is -2.09. The first-order valence-corrected chi connectivity index (χ1v) is 6.41. The summed E-state index contributed by atoms with van der Waals surface area (Å²) >= 11 is 5.56. The lowest BCUT2D eigenvalue weighted by Crippen LogP contribution is -2.10. The number of aromatic nitrogens is 3. The van der Waals surface area contributed by atoms with Gasteiger partial charge in [0.1, 0.15) is 23.2 Å². The average Bonchev–Trinajstić information content (AvgIpc) is 2.81. The molecule has 0 aliphatic rings. The van der Waals surface area contributed by atoms with Crippen LogP contribution in [-0.2, 0) is 19.3 Å². The van der Waals surface area contributed by atoms with E-state index in [0.29, 0.717) is 0 Å². The fourth-order valence-electron chi connectivity index (χ4n) is 1.69. The topological polar surface area (TPSA) is 42.7 Å². The van der Waals surface area contributed by atoms with Crippen molar-refractivity contribution in [1.82, 2.24) is 14.8 Å². The Morgan fingerprint density at radius 2 is 2.00 bits per heavy atom. The number of anilines is 1. The Hall–Kier alpha value is -1.90. The van der Waals surface area contributed by atoms with E-state index in [4.69, 9.17) is 11.6 Å². The molecule has 0 aliphatic carbocycles. The molecule has 2 rings (SSSR count). The quantitative estimate of drug-likeness (QED) is 0.664. The van der Waals surface area contributed by atoms with Gasteiger partial charge < -0.3 is 5.32 Å². The predicted molar refractivity (Wildman–Crippen MR) is 69.8 cm³/mol. The van der Waals surface area contributed by atoms with E-state index < -0.39 is 24.8 Å². The first-order valence-electron chi connectivity index (χ1n) is 6.03. The van der Waals surface area contributed by atoms with Crippen molar-refractivity contribution < 1.29 is 22.0 Å². The van der Waals surface area contributed by atoms with Crippen molar-refractivity contribution in [1.29, 1.82) is 0 Å². The Kier molecular flexibility index (Phi) is 4.84. The third kappa shape index (κ3) is 4.55. The Labute approximate surface area is 126 Å². The SMILES string of the molecule is FC(F)Cn1ccc(NCc2cc(Cl)nc(C(F)(F)F)c2)n1. The summed E-state index contributed by atoms with van der Waals surface area (Å²) in [4.78, 5) is 3.21. The summed E-state index contributed by atoms with van der Waals surface area (Å²) in [5, 5.41) is 6.26. The third-order valence-corrected chi connectivity index (χ3v) is 2.78. The van der Waals surface area contributed by atoms with Crippen LogP contribution < -0.4 is 5.32 Å². The molecule has 0 bridgehead atoms. The molecular weight excluding hydrogens is 331 g/mol. The highest BCUT2D eigenvalue weighted by molar-refractivity contribution is 6.29. The first kappa shape index (κ1) is 16.5. The standard InChI is InChI=1S/C12H10ClF5N4/c13-9-4-7(3-8(20-9)12(16,17)18)5-19-11-1-2-22(21-11)6-10(14)15/h1-4,10H,5-6H2,(H,19,21). The second kappa shape index (κ2) is 6.47. The van der Waals surface area contributed by atoms with Crippen molar-refractivity contribution in [3.05, 3.63) is 40.8 Å². The summed E-state index contributed by atoms with van der Waals surface area (Å²) in [5.41, 5.74) is -0.851. The van der Waals surface area contributed by atoms with Gasteiger partial charge in [-0.1, -0.05) is 11.6 Å². The maximum atomic E-state index is 12.6. The number of halogens is 6. The number of nitrogens with zero attached hydrogens (tertiary/aromatic N) is 3. The highest BCUT2D eigenvalue weighted by Gasteiger charge is 2.33. The normalized spacial score (nSPS) is 12.0. The minimum absolute atomic E-state index is 0.00296. The molecule has 0 atom stereocenters. The Bertz CT molecular complexity index is 641. The number of nitrogens with one attached hydrogen (secondary N) is 1. The van der Waals surface area contributed by atoms with Gasteiger partial charge in [-0.2, -0.15) is 18.3 Å². The molecule has 0 fully saturated rings. The summed E-state index contributed by atoms with van der Waals surface area (Å²) < 4.78 is 63.2. The molecule has 0 aliphatic heterocycles. The fraction of sp³-hybridized carbons (Fsp3) is 0.333. The zero-order valence-electron chi connectivity index (χ0n) is 10.9. The van der Waals surface area contributed by atoms with Crippen LogP contribution >= 0.6 is 11.6 Å². The molecule has 0 spiro atoms. The zero-order valence-corrected chi connectivity index (χ0v) is 11.7. The molecular formula is C12H10ClF5N4. The first-order chi connectivity index (χ1) is 10.2. The van der Waals surface area contributed by atoms with Gasteiger partial charge in [-0.05, 0) is 17.7 Å². The molecule has 2 aromatic heterocycles. The van der Waals surface area contributed by atoms with Gasteiger partial charge in [0.25, 0.3) is 6.43 Å². The lowest BCUT2D eigenvalue weighted by molar-refractivity contribution is -0.141. The summed E-state index contributed by atoms with van der Waals surface area (Å²) in [6, 6.07) is 3.57. The number of hydrogen-bond acceptors (Lipinski definition) is 3. The van der Waals surface area contributed by atoms with Gasteiger partial charge in [0, 0.05) is 18.8 Å². The van der Waals surface area contributed by atoms with Gasteiger partial charge in [0.15, 0.2) is 0 Å². The molecule has 2 aromatic rings. The van der Waals surface area contributed by atoms with Crippen LogP contribution in [0.5, 0.6) is 0 Å². The van der Waals surface area contributed by atoms with Gasteiger partial charge in [-0.3, -0.25) is 4.68 Å². The van der Waals surface area contributed by atoms with E-state index in [0.717, 1.165) is 10.7 Å². The maximum Gasteiger partial charge on any atom is 0.433 e. The number of hydrogen-bond donors (Lipinski definition) is 1. The smallest absolute Gasteiger partial charge is 0.365 e. The second-order valence-electron chi connectivity index (χ2n) is 4.35. The van der Waals surface area contributed by atoms with E-state index >= 15 is 0 Å². The Morgan fingerprint density at radius 1 is 1.27 bits per heavy atom. The number of pyridine rings is 1. The Balaban J connectivity index is 2.05. The molecule has 0 saturated carbocycles. The number of alkyl halides is 5. The van der Waals surface area contributed by atoms with Gasteiger partial charge in [0.2, 0.25) is 0 Å². The molecule has 0 saturated heterocycles. The van der Waals surface area contributed by atoms with Crippen LogP contribution in [0.3, 0.4) is 0 Å². The van der Waals surface area contributed by atoms with Crippen LogP contribution in [0.4, 0.5) is 27.8 Å². The molecule has 0 radical (unpaired) electrons. The van der Waals surface area contributed by atoms with Gasteiger partial charge in [0.05, 0.1) is 0 Å². The van der Waals surface area contributed by atoms with Crippen molar-refractivity contribution in [2.45, 2.75) is 25.7 Å². The molecule has 0 amide bonds. The van der Waals surface area contributed by atoms with Crippen LogP contribution in [0.25, 0.3) is 0 Å². The lowest BCUT2D eigenvalue weighted by atomic mass is 10.2. The maximum absolute atomic E-state index is 12.6. The molecule has 0 unspecified atom stereocenters. The molecule has 22 heavy (non-hydrogen) atoms.